The van der Waals surface area contributed by atoms with Gasteiger partial charge in [0.25, 0.3) is 0 Å². The fraction of sp³-hybridized carbons (Fsp3) is 0.571. The first kappa shape index (κ1) is 10.3. The second-order valence-electron chi connectivity index (χ2n) is 5.55. The molecular formula is C14H20N2. The van der Waals surface area contributed by atoms with Crippen LogP contribution in [0.5, 0.6) is 0 Å². The van der Waals surface area contributed by atoms with Gasteiger partial charge in [0.15, 0.2) is 0 Å². The lowest BCUT2D eigenvalue weighted by Gasteiger charge is -2.40. The van der Waals surface area contributed by atoms with Crippen LogP contribution in [0.4, 0.5) is 0 Å². The van der Waals surface area contributed by atoms with E-state index in [0.29, 0.717) is 0 Å². The molecule has 2 nitrogen and oxygen atoms in total. The van der Waals surface area contributed by atoms with Crippen LogP contribution in [0, 0.1) is 0 Å². The highest BCUT2D eigenvalue weighted by Gasteiger charge is 2.35. The van der Waals surface area contributed by atoms with Gasteiger partial charge >= 0.3 is 0 Å². The molecule has 0 bridgehead atoms. The third-order valence-electron chi connectivity index (χ3n) is 4.24. The normalized spacial score (nSPS) is 24.9. The Balaban J connectivity index is 1.83. The Morgan fingerprint density at radius 1 is 1.31 bits per heavy atom. The molecule has 0 radical (unpaired) electrons. The molecule has 0 unspecified atom stereocenters. The van der Waals surface area contributed by atoms with E-state index < -0.39 is 0 Å². The summed E-state index contributed by atoms with van der Waals surface area (Å²) >= 11 is 0. The molecule has 0 atom stereocenters. The lowest BCUT2D eigenvalue weighted by atomic mass is 9.72. The summed E-state index contributed by atoms with van der Waals surface area (Å²) in [7, 11) is 2.18. The maximum Gasteiger partial charge on any atom is 0.0409 e. The second-order valence-corrected chi connectivity index (χ2v) is 5.55. The molecule has 0 spiro atoms. The molecule has 1 aliphatic heterocycles. The number of nitrogens with two attached hydrogens (primary N) is 1. The predicted molar refractivity (Wildman–Crippen MR) is 66.4 cm³/mol. The van der Waals surface area contributed by atoms with Crippen LogP contribution in [-0.2, 0) is 5.54 Å². The molecule has 0 amide bonds. The maximum atomic E-state index is 6.37. The molecule has 1 aromatic rings. The van der Waals surface area contributed by atoms with Gasteiger partial charge in [0.05, 0.1) is 0 Å². The Bertz CT molecular complexity index is 389. The van der Waals surface area contributed by atoms with Crippen LogP contribution < -0.4 is 5.73 Å². The molecule has 2 N–H and O–H groups in total. The topological polar surface area (TPSA) is 29.3 Å². The third kappa shape index (κ3) is 1.57. The van der Waals surface area contributed by atoms with Crippen LogP contribution in [0.1, 0.15) is 36.3 Å². The van der Waals surface area contributed by atoms with Crippen molar-refractivity contribution < 1.29 is 0 Å². The van der Waals surface area contributed by atoms with Crippen LogP contribution in [0.2, 0.25) is 0 Å². The quantitative estimate of drug-likeness (QED) is 0.820. The van der Waals surface area contributed by atoms with Crippen LogP contribution in [0.15, 0.2) is 24.3 Å². The Morgan fingerprint density at radius 2 is 2.06 bits per heavy atom. The summed E-state index contributed by atoms with van der Waals surface area (Å²) in [6, 6.07) is 8.97. The second kappa shape index (κ2) is 3.57. The minimum Gasteiger partial charge on any atom is -0.321 e. The molecule has 1 heterocycles. The molecule has 3 rings (SSSR count). The van der Waals surface area contributed by atoms with Crippen LogP contribution in [-0.4, -0.2) is 25.0 Å². The van der Waals surface area contributed by atoms with Crippen molar-refractivity contribution in [2.24, 2.45) is 5.73 Å². The van der Waals surface area contributed by atoms with E-state index in [1.54, 1.807) is 0 Å². The van der Waals surface area contributed by atoms with E-state index >= 15 is 0 Å². The summed E-state index contributed by atoms with van der Waals surface area (Å²) in [6.45, 7) is 2.39. The fourth-order valence-corrected chi connectivity index (χ4v) is 2.86. The van der Waals surface area contributed by atoms with Crippen molar-refractivity contribution in [1.82, 2.24) is 4.90 Å². The van der Waals surface area contributed by atoms with Crippen molar-refractivity contribution in [3.8, 4) is 0 Å². The van der Waals surface area contributed by atoms with Crippen LogP contribution in [0.25, 0.3) is 0 Å². The van der Waals surface area contributed by atoms with Gasteiger partial charge in [-0.2, -0.15) is 0 Å². The average molecular weight is 216 g/mol. The van der Waals surface area contributed by atoms with E-state index in [4.69, 9.17) is 5.73 Å². The summed E-state index contributed by atoms with van der Waals surface area (Å²) in [4.78, 5) is 2.36. The zero-order valence-corrected chi connectivity index (χ0v) is 9.95. The lowest BCUT2D eigenvalue weighted by molar-refractivity contribution is 0.189. The number of hydrogen-bond donors (Lipinski definition) is 1. The minimum absolute atomic E-state index is 0.00827. The Labute approximate surface area is 97.4 Å². The first-order valence-corrected chi connectivity index (χ1v) is 6.25. The van der Waals surface area contributed by atoms with Crippen molar-refractivity contribution >= 4 is 0 Å². The van der Waals surface area contributed by atoms with Crippen molar-refractivity contribution in [3.63, 3.8) is 0 Å². The molecule has 1 aliphatic carbocycles. The molecule has 0 aromatic heterocycles. The maximum absolute atomic E-state index is 6.37. The molecule has 2 heteroatoms. The predicted octanol–water partition coefficient (Wildman–Crippen LogP) is 2.05. The van der Waals surface area contributed by atoms with E-state index in [1.165, 1.54) is 30.6 Å². The van der Waals surface area contributed by atoms with Gasteiger partial charge in [0.1, 0.15) is 0 Å². The number of nitrogens with zero attached hydrogens (tertiary/aromatic N) is 1. The number of benzene rings is 1. The van der Waals surface area contributed by atoms with E-state index in [-0.39, 0.29) is 5.54 Å². The van der Waals surface area contributed by atoms with Crippen LogP contribution in [0.3, 0.4) is 0 Å². The number of likely N-dealkylation sites (tertiary alicyclic amines) is 1. The fourth-order valence-electron chi connectivity index (χ4n) is 2.86. The molecule has 1 saturated heterocycles. The van der Waals surface area contributed by atoms with Crippen molar-refractivity contribution in [3.05, 3.63) is 35.4 Å². The summed E-state index contributed by atoms with van der Waals surface area (Å²) in [5.41, 5.74) is 9.19. The lowest BCUT2D eigenvalue weighted by Crippen LogP contribution is -2.44. The highest BCUT2D eigenvalue weighted by molar-refractivity contribution is 5.34. The van der Waals surface area contributed by atoms with Gasteiger partial charge in [-0.15, -0.1) is 0 Å². The highest BCUT2D eigenvalue weighted by Crippen LogP contribution is 2.39. The van der Waals surface area contributed by atoms with E-state index in [2.05, 4.69) is 36.2 Å². The summed E-state index contributed by atoms with van der Waals surface area (Å²) in [5.74, 6) is 0.730. The van der Waals surface area contributed by atoms with E-state index in [1.807, 2.05) is 0 Å². The molecule has 1 aromatic carbocycles. The minimum atomic E-state index is -0.00827. The highest BCUT2D eigenvalue weighted by atomic mass is 15.2. The zero-order valence-electron chi connectivity index (χ0n) is 9.95. The van der Waals surface area contributed by atoms with Gasteiger partial charge in [0.2, 0.25) is 0 Å². The first-order chi connectivity index (χ1) is 7.67. The molecular weight excluding hydrogens is 196 g/mol. The van der Waals surface area contributed by atoms with Gasteiger partial charge in [-0.1, -0.05) is 24.3 Å². The van der Waals surface area contributed by atoms with Gasteiger partial charge in [-0.25, -0.2) is 0 Å². The van der Waals surface area contributed by atoms with E-state index in [0.717, 1.165) is 18.8 Å². The molecule has 16 heavy (non-hydrogen) atoms. The smallest absolute Gasteiger partial charge is 0.0409 e. The largest absolute Gasteiger partial charge is 0.321 e. The molecule has 1 saturated carbocycles. The van der Waals surface area contributed by atoms with Crippen molar-refractivity contribution in [2.75, 3.05) is 20.1 Å². The molecule has 2 fully saturated rings. The Kier molecular flexibility index (Phi) is 2.30. The van der Waals surface area contributed by atoms with Gasteiger partial charge in [-0.05, 0) is 37.4 Å². The molecule has 86 valence electrons. The van der Waals surface area contributed by atoms with E-state index in [9.17, 15) is 0 Å². The Morgan fingerprint density at radius 3 is 2.62 bits per heavy atom. The first-order valence-electron chi connectivity index (χ1n) is 6.25. The monoisotopic (exact) mass is 216 g/mol. The number of hydrogen-bond acceptors (Lipinski definition) is 2. The summed E-state index contributed by atoms with van der Waals surface area (Å²) in [6.07, 6.45) is 3.59. The summed E-state index contributed by atoms with van der Waals surface area (Å²) in [5, 5.41) is 0. The van der Waals surface area contributed by atoms with Crippen molar-refractivity contribution in [2.45, 2.75) is 30.7 Å². The Hall–Kier alpha value is -0.860. The standard InChI is InChI=1S/C14H20N2/c1-16-9-12(10-16)11-4-2-5-13(8-11)14(15)6-3-7-14/h2,4-5,8,12H,3,6-7,9-10,15H2,1H3. The zero-order chi connectivity index (χ0) is 11.2. The van der Waals surface area contributed by atoms with Gasteiger partial charge < -0.3 is 10.6 Å². The molecule has 2 aliphatic rings. The van der Waals surface area contributed by atoms with Gasteiger partial charge in [-0.3, -0.25) is 0 Å². The van der Waals surface area contributed by atoms with Crippen molar-refractivity contribution in [1.29, 1.82) is 0 Å². The van der Waals surface area contributed by atoms with Crippen LogP contribution >= 0.6 is 0 Å². The number of rotatable bonds is 2. The van der Waals surface area contributed by atoms with Gasteiger partial charge in [0, 0.05) is 24.5 Å². The SMILES string of the molecule is CN1CC(c2cccc(C3(N)CCC3)c2)C1. The summed E-state index contributed by atoms with van der Waals surface area (Å²) < 4.78 is 0. The third-order valence-corrected chi connectivity index (χ3v) is 4.24. The average Bonchev–Trinajstić information content (AvgIpc) is 2.22. The number of likely N-dealkylation sites (N-methyl/N-ethyl adjacent to an activating group) is 1.